The van der Waals surface area contributed by atoms with Crippen molar-refractivity contribution in [3.63, 3.8) is 0 Å². The molecule has 0 bridgehead atoms. The van der Waals surface area contributed by atoms with Crippen molar-refractivity contribution in [1.82, 2.24) is 10.2 Å². The lowest BCUT2D eigenvalue weighted by molar-refractivity contribution is -0.115. The van der Waals surface area contributed by atoms with Gasteiger partial charge in [0, 0.05) is 0 Å². The summed E-state index contributed by atoms with van der Waals surface area (Å²) in [5.41, 5.74) is 1.52. The van der Waals surface area contributed by atoms with Crippen LogP contribution < -0.4 is 14.8 Å². The van der Waals surface area contributed by atoms with E-state index in [1.165, 1.54) is 23.1 Å². The van der Waals surface area contributed by atoms with E-state index in [1.54, 1.807) is 0 Å². The quantitative estimate of drug-likeness (QED) is 0.472. The van der Waals surface area contributed by atoms with E-state index in [9.17, 15) is 4.79 Å². The molecule has 0 saturated carbocycles. The highest BCUT2D eigenvalue weighted by Gasteiger charge is 2.25. The van der Waals surface area contributed by atoms with E-state index in [4.69, 9.17) is 9.47 Å². The predicted molar refractivity (Wildman–Crippen MR) is 117 cm³/mol. The molecule has 0 fully saturated rings. The summed E-state index contributed by atoms with van der Waals surface area (Å²) in [6.07, 6.45) is 0.0177. The minimum Gasteiger partial charge on any atom is -0.492 e. The molecule has 0 aliphatic heterocycles. The highest BCUT2D eigenvalue weighted by molar-refractivity contribution is 8.01. The fourth-order valence-electron chi connectivity index (χ4n) is 2.55. The van der Waals surface area contributed by atoms with Crippen LogP contribution in [0.2, 0.25) is 0 Å². The van der Waals surface area contributed by atoms with Crippen LogP contribution in [0.1, 0.15) is 31.6 Å². The first kappa shape index (κ1) is 21.1. The average Bonchev–Trinajstić information content (AvgIpc) is 3.14. The molecule has 1 heterocycles. The third-order valence-corrected chi connectivity index (χ3v) is 5.88. The van der Waals surface area contributed by atoms with Gasteiger partial charge in [-0.2, -0.15) is 0 Å². The van der Waals surface area contributed by atoms with Crippen LogP contribution >= 0.6 is 23.1 Å². The summed E-state index contributed by atoms with van der Waals surface area (Å²) in [6.45, 7) is 6.30. The van der Waals surface area contributed by atoms with E-state index < -0.39 is 5.25 Å². The molecule has 152 valence electrons. The highest BCUT2D eigenvalue weighted by Crippen LogP contribution is 2.39. The number of nitrogens with zero attached hydrogens (tertiary/aromatic N) is 2. The molecule has 1 aromatic heterocycles. The number of para-hydroxylation sites is 2. The van der Waals surface area contributed by atoms with Crippen LogP contribution in [-0.2, 0) is 4.79 Å². The number of hydrogen-bond donors (Lipinski definition) is 1. The summed E-state index contributed by atoms with van der Waals surface area (Å²) < 4.78 is 11.9. The molecule has 1 amide bonds. The van der Waals surface area contributed by atoms with Crippen LogP contribution in [0.25, 0.3) is 0 Å². The van der Waals surface area contributed by atoms with E-state index in [0.29, 0.717) is 27.6 Å². The van der Waals surface area contributed by atoms with Crippen molar-refractivity contribution in [2.75, 3.05) is 11.9 Å². The number of hydrogen-bond acceptors (Lipinski definition) is 7. The number of nitrogens with one attached hydrogen (secondary N) is 1. The molecule has 0 aliphatic carbocycles. The fraction of sp³-hybridized carbons (Fsp3) is 0.286. The Balaban J connectivity index is 1.82. The van der Waals surface area contributed by atoms with Crippen molar-refractivity contribution in [1.29, 1.82) is 0 Å². The van der Waals surface area contributed by atoms with Gasteiger partial charge in [0.2, 0.25) is 5.91 Å². The standard InChI is InChI=1S/C21H23N3O3S2/c1-4-26-17-13-9-8-12-16(17)22-19(25)18(15-10-6-5-7-11-15)28-21-24-23-20(29-21)27-14(2)3/h5-14,18H,4H2,1-3H3,(H,22,25). The molecule has 2 aromatic carbocycles. The van der Waals surface area contributed by atoms with Gasteiger partial charge in [0.05, 0.1) is 18.4 Å². The van der Waals surface area contributed by atoms with Gasteiger partial charge in [-0.05, 0) is 49.8 Å². The first-order valence-corrected chi connectivity index (χ1v) is 11.0. The second-order valence-corrected chi connectivity index (χ2v) is 8.62. The van der Waals surface area contributed by atoms with Gasteiger partial charge in [-0.15, -0.1) is 5.10 Å². The maximum Gasteiger partial charge on any atom is 0.295 e. The lowest BCUT2D eigenvalue weighted by Gasteiger charge is -2.17. The molecule has 29 heavy (non-hydrogen) atoms. The SMILES string of the molecule is CCOc1ccccc1NC(=O)C(Sc1nnc(OC(C)C)s1)c1ccccc1. The Labute approximate surface area is 178 Å². The van der Waals surface area contributed by atoms with Crippen molar-refractivity contribution in [3.8, 4) is 10.9 Å². The van der Waals surface area contributed by atoms with Gasteiger partial charge in [-0.25, -0.2) is 0 Å². The molecular weight excluding hydrogens is 406 g/mol. The Bertz CT molecular complexity index is 932. The van der Waals surface area contributed by atoms with Crippen molar-refractivity contribution in [2.24, 2.45) is 0 Å². The Morgan fingerprint density at radius 1 is 1.10 bits per heavy atom. The minimum atomic E-state index is -0.495. The number of amides is 1. The third-order valence-electron chi connectivity index (χ3n) is 3.73. The zero-order chi connectivity index (χ0) is 20.6. The van der Waals surface area contributed by atoms with Gasteiger partial charge in [-0.1, -0.05) is 59.3 Å². The molecule has 0 radical (unpaired) electrons. The topological polar surface area (TPSA) is 73.3 Å². The van der Waals surface area contributed by atoms with Crippen LogP contribution in [0.4, 0.5) is 5.69 Å². The van der Waals surface area contributed by atoms with Gasteiger partial charge in [0.1, 0.15) is 11.0 Å². The number of aromatic nitrogens is 2. The van der Waals surface area contributed by atoms with Gasteiger partial charge in [0.25, 0.3) is 5.19 Å². The highest BCUT2D eigenvalue weighted by atomic mass is 32.2. The number of benzene rings is 2. The number of rotatable bonds is 9. The first-order chi connectivity index (χ1) is 14.1. The van der Waals surface area contributed by atoms with Gasteiger partial charge in [0.15, 0.2) is 4.34 Å². The molecule has 3 aromatic rings. The van der Waals surface area contributed by atoms with E-state index in [-0.39, 0.29) is 12.0 Å². The summed E-state index contributed by atoms with van der Waals surface area (Å²) in [4.78, 5) is 13.2. The fourth-order valence-corrected chi connectivity index (χ4v) is 4.54. The molecule has 1 N–H and O–H groups in total. The van der Waals surface area contributed by atoms with E-state index in [0.717, 1.165) is 5.56 Å². The summed E-state index contributed by atoms with van der Waals surface area (Å²) in [6, 6.07) is 17.0. The van der Waals surface area contributed by atoms with E-state index in [2.05, 4.69) is 15.5 Å². The van der Waals surface area contributed by atoms with Crippen molar-refractivity contribution in [2.45, 2.75) is 36.5 Å². The Kier molecular flexibility index (Phi) is 7.48. The number of thioether (sulfide) groups is 1. The average molecular weight is 430 g/mol. The number of anilines is 1. The molecule has 6 nitrogen and oxygen atoms in total. The van der Waals surface area contributed by atoms with E-state index in [1.807, 2.05) is 75.4 Å². The lowest BCUT2D eigenvalue weighted by Crippen LogP contribution is -2.19. The zero-order valence-corrected chi connectivity index (χ0v) is 18.1. The zero-order valence-electron chi connectivity index (χ0n) is 16.5. The summed E-state index contributed by atoms with van der Waals surface area (Å²) in [5.74, 6) is 0.485. The van der Waals surface area contributed by atoms with Crippen molar-refractivity contribution < 1.29 is 14.3 Å². The second-order valence-electron chi connectivity index (χ2n) is 6.33. The van der Waals surface area contributed by atoms with Gasteiger partial charge >= 0.3 is 0 Å². The van der Waals surface area contributed by atoms with Crippen LogP contribution in [0.3, 0.4) is 0 Å². The first-order valence-electron chi connectivity index (χ1n) is 9.31. The van der Waals surface area contributed by atoms with Crippen LogP contribution in [0, 0.1) is 0 Å². The summed E-state index contributed by atoms with van der Waals surface area (Å²) in [7, 11) is 0. The Hall–Kier alpha value is -2.58. The Morgan fingerprint density at radius 3 is 2.55 bits per heavy atom. The maximum atomic E-state index is 13.2. The van der Waals surface area contributed by atoms with Crippen LogP contribution in [-0.4, -0.2) is 28.8 Å². The molecule has 1 unspecified atom stereocenters. The van der Waals surface area contributed by atoms with Crippen LogP contribution in [0.15, 0.2) is 58.9 Å². The minimum absolute atomic E-state index is 0.0177. The smallest absolute Gasteiger partial charge is 0.295 e. The third kappa shape index (κ3) is 5.95. The van der Waals surface area contributed by atoms with E-state index >= 15 is 0 Å². The summed E-state index contributed by atoms with van der Waals surface area (Å²) >= 11 is 2.68. The second kappa shape index (κ2) is 10.3. The molecule has 1 atom stereocenters. The number of carbonyl (C=O) groups excluding carboxylic acids is 1. The molecule has 0 spiro atoms. The molecule has 8 heteroatoms. The predicted octanol–water partition coefficient (Wildman–Crippen LogP) is 5.20. The van der Waals surface area contributed by atoms with Crippen LogP contribution in [0.5, 0.6) is 10.9 Å². The van der Waals surface area contributed by atoms with Crippen molar-refractivity contribution in [3.05, 3.63) is 60.2 Å². The normalized spacial score (nSPS) is 11.9. The number of ether oxygens (including phenoxy) is 2. The maximum absolute atomic E-state index is 13.2. The molecule has 0 saturated heterocycles. The van der Waals surface area contributed by atoms with Gasteiger partial charge in [-0.3, -0.25) is 4.79 Å². The Morgan fingerprint density at radius 2 is 1.83 bits per heavy atom. The molecule has 0 aliphatic rings. The monoisotopic (exact) mass is 429 g/mol. The van der Waals surface area contributed by atoms with Crippen molar-refractivity contribution >= 4 is 34.7 Å². The molecular formula is C21H23N3O3S2. The molecule has 3 rings (SSSR count). The number of carbonyl (C=O) groups is 1. The largest absolute Gasteiger partial charge is 0.492 e. The summed E-state index contributed by atoms with van der Waals surface area (Å²) in [5, 5.41) is 11.2. The lowest BCUT2D eigenvalue weighted by atomic mass is 10.1. The van der Waals surface area contributed by atoms with Gasteiger partial charge < -0.3 is 14.8 Å².